The molecular formula is C11H17N5O2S. The topological polar surface area (TPSA) is 86.0 Å². The summed E-state index contributed by atoms with van der Waals surface area (Å²) in [6, 6.07) is 0. The average molecular weight is 283 g/mol. The molecule has 0 unspecified atom stereocenters. The van der Waals surface area contributed by atoms with Gasteiger partial charge in [0.1, 0.15) is 17.3 Å². The van der Waals surface area contributed by atoms with E-state index in [0.29, 0.717) is 17.4 Å². The minimum Gasteiger partial charge on any atom is -0.390 e. The Bertz CT molecular complexity index is 558. The maximum atomic E-state index is 9.36. The van der Waals surface area contributed by atoms with Crippen LogP contribution in [0.15, 0.2) is 0 Å². The highest BCUT2D eigenvalue weighted by Gasteiger charge is 2.27. The molecule has 0 spiro atoms. The summed E-state index contributed by atoms with van der Waals surface area (Å²) in [6.07, 6.45) is 0. The van der Waals surface area contributed by atoms with E-state index in [2.05, 4.69) is 20.5 Å². The molecule has 2 aromatic heterocycles. The molecule has 0 aliphatic rings. The smallest absolute Gasteiger partial charge is 0.234 e. The van der Waals surface area contributed by atoms with Crippen LogP contribution < -0.4 is 0 Å². The second kappa shape index (κ2) is 5.32. The van der Waals surface area contributed by atoms with Crippen molar-refractivity contribution in [1.29, 1.82) is 0 Å². The number of hydrogen-bond donors (Lipinski definition) is 1. The molecule has 19 heavy (non-hydrogen) atoms. The Morgan fingerprint density at radius 3 is 2.58 bits per heavy atom. The zero-order valence-corrected chi connectivity index (χ0v) is 12.2. The predicted molar refractivity (Wildman–Crippen MR) is 70.2 cm³/mol. The Labute approximate surface area is 115 Å². The van der Waals surface area contributed by atoms with Crippen molar-refractivity contribution < 1.29 is 9.84 Å². The fourth-order valence-electron chi connectivity index (χ4n) is 1.82. The molecule has 7 nitrogen and oxygen atoms in total. The van der Waals surface area contributed by atoms with Crippen molar-refractivity contribution in [3.8, 4) is 5.13 Å². The molecule has 0 saturated heterocycles. The van der Waals surface area contributed by atoms with Crippen LogP contribution in [0.3, 0.4) is 0 Å². The van der Waals surface area contributed by atoms with Gasteiger partial charge < -0.3 is 9.84 Å². The minimum atomic E-state index is -0.200. The maximum Gasteiger partial charge on any atom is 0.234 e. The fraction of sp³-hybridized carbons (Fsp3) is 0.636. The first kappa shape index (κ1) is 14.0. The molecule has 0 aliphatic heterocycles. The van der Waals surface area contributed by atoms with Crippen molar-refractivity contribution >= 4 is 11.3 Å². The first-order valence-electron chi connectivity index (χ1n) is 5.85. The SMILES string of the molecule is COCc1nnc(-n2nnc(CO)c2C(C)(C)C)s1. The molecule has 2 rings (SSSR count). The first-order valence-corrected chi connectivity index (χ1v) is 6.66. The number of methoxy groups -OCH3 is 1. The number of aromatic nitrogens is 5. The monoisotopic (exact) mass is 283 g/mol. The van der Waals surface area contributed by atoms with Gasteiger partial charge in [-0.25, -0.2) is 0 Å². The van der Waals surface area contributed by atoms with E-state index in [-0.39, 0.29) is 12.0 Å². The van der Waals surface area contributed by atoms with Crippen LogP contribution in [0.2, 0.25) is 0 Å². The summed E-state index contributed by atoms with van der Waals surface area (Å²) in [5, 5.41) is 27.0. The van der Waals surface area contributed by atoms with Gasteiger partial charge in [-0.2, -0.15) is 4.68 Å². The highest BCUT2D eigenvalue weighted by Crippen LogP contribution is 2.28. The molecule has 0 aromatic carbocycles. The Balaban J connectivity index is 2.46. The van der Waals surface area contributed by atoms with Gasteiger partial charge in [0.05, 0.1) is 12.3 Å². The molecule has 0 radical (unpaired) electrons. The molecule has 2 aromatic rings. The number of nitrogens with zero attached hydrogens (tertiary/aromatic N) is 5. The minimum absolute atomic E-state index is 0.143. The second-order valence-electron chi connectivity index (χ2n) is 5.12. The van der Waals surface area contributed by atoms with Crippen LogP contribution in [-0.4, -0.2) is 37.4 Å². The third kappa shape index (κ3) is 2.80. The second-order valence-corrected chi connectivity index (χ2v) is 6.16. The molecule has 0 bridgehead atoms. The fourth-order valence-corrected chi connectivity index (χ4v) is 2.58. The van der Waals surface area contributed by atoms with Gasteiger partial charge in [-0.3, -0.25) is 0 Å². The standard InChI is InChI=1S/C11H17N5O2S/c1-11(2,3)9-7(5-17)12-15-16(9)10-14-13-8(19-10)6-18-4/h17H,5-6H2,1-4H3. The quantitative estimate of drug-likeness (QED) is 0.902. The molecule has 8 heteroatoms. The normalized spacial score (nSPS) is 12.1. The first-order chi connectivity index (χ1) is 8.97. The lowest BCUT2D eigenvalue weighted by molar-refractivity contribution is 0.184. The Morgan fingerprint density at radius 2 is 2.00 bits per heavy atom. The molecule has 104 valence electrons. The number of hydrogen-bond acceptors (Lipinski definition) is 7. The van der Waals surface area contributed by atoms with Gasteiger partial charge in [0, 0.05) is 12.5 Å². The Morgan fingerprint density at radius 1 is 1.26 bits per heavy atom. The van der Waals surface area contributed by atoms with Gasteiger partial charge in [0.2, 0.25) is 5.13 Å². The summed E-state index contributed by atoms with van der Waals surface area (Å²) >= 11 is 1.40. The third-order valence-corrected chi connectivity index (χ3v) is 3.38. The number of aliphatic hydroxyl groups is 1. The molecule has 0 fully saturated rings. The van der Waals surface area contributed by atoms with E-state index in [9.17, 15) is 5.11 Å². The van der Waals surface area contributed by atoms with Crippen molar-refractivity contribution in [3.05, 3.63) is 16.4 Å². The molecule has 1 N–H and O–H groups in total. The van der Waals surface area contributed by atoms with Gasteiger partial charge in [-0.05, 0) is 0 Å². The van der Waals surface area contributed by atoms with Crippen LogP contribution >= 0.6 is 11.3 Å². The van der Waals surface area contributed by atoms with Crippen LogP contribution in [0.25, 0.3) is 5.13 Å². The number of aliphatic hydroxyl groups excluding tert-OH is 1. The third-order valence-electron chi connectivity index (χ3n) is 2.51. The summed E-state index contributed by atoms with van der Waals surface area (Å²) in [5.74, 6) is 0. The molecular weight excluding hydrogens is 266 g/mol. The van der Waals surface area contributed by atoms with Crippen molar-refractivity contribution in [2.24, 2.45) is 0 Å². The van der Waals surface area contributed by atoms with Gasteiger partial charge in [0.25, 0.3) is 0 Å². The van der Waals surface area contributed by atoms with Crippen molar-refractivity contribution in [2.45, 2.75) is 39.4 Å². The van der Waals surface area contributed by atoms with Crippen LogP contribution in [0, 0.1) is 0 Å². The highest BCUT2D eigenvalue weighted by atomic mass is 32.1. The lowest BCUT2D eigenvalue weighted by Crippen LogP contribution is -2.19. The van der Waals surface area contributed by atoms with Gasteiger partial charge >= 0.3 is 0 Å². The lowest BCUT2D eigenvalue weighted by Gasteiger charge is -2.19. The van der Waals surface area contributed by atoms with Crippen LogP contribution in [0.4, 0.5) is 0 Å². The highest BCUT2D eigenvalue weighted by molar-refractivity contribution is 7.13. The summed E-state index contributed by atoms with van der Waals surface area (Å²) < 4.78 is 6.66. The molecule has 2 heterocycles. The maximum absolute atomic E-state index is 9.36. The number of ether oxygens (including phenoxy) is 1. The zero-order chi connectivity index (χ0) is 14.0. The molecule has 0 amide bonds. The largest absolute Gasteiger partial charge is 0.390 e. The summed E-state index contributed by atoms with van der Waals surface area (Å²) in [5.41, 5.74) is 1.21. The van der Waals surface area contributed by atoms with E-state index in [0.717, 1.165) is 10.7 Å². The summed E-state index contributed by atoms with van der Waals surface area (Å²) in [4.78, 5) is 0. The van der Waals surface area contributed by atoms with Crippen molar-refractivity contribution in [2.75, 3.05) is 7.11 Å². The Hall–Kier alpha value is -1.38. The predicted octanol–water partition coefficient (Wildman–Crippen LogP) is 1.05. The molecule has 0 atom stereocenters. The van der Waals surface area contributed by atoms with E-state index in [1.165, 1.54) is 11.3 Å². The lowest BCUT2D eigenvalue weighted by atomic mass is 9.90. The van der Waals surface area contributed by atoms with E-state index in [1.54, 1.807) is 11.8 Å². The van der Waals surface area contributed by atoms with Gasteiger partial charge in [-0.15, -0.1) is 15.3 Å². The molecule has 0 aliphatic carbocycles. The van der Waals surface area contributed by atoms with E-state index in [4.69, 9.17) is 4.74 Å². The van der Waals surface area contributed by atoms with Gasteiger partial charge in [-0.1, -0.05) is 37.3 Å². The van der Waals surface area contributed by atoms with Crippen molar-refractivity contribution in [3.63, 3.8) is 0 Å². The summed E-state index contributed by atoms with van der Waals surface area (Å²) in [6.45, 7) is 6.40. The zero-order valence-electron chi connectivity index (χ0n) is 11.4. The van der Waals surface area contributed by atoms with E-state index >= 15 is 0 Å². The van der Waals surface area contributed by atoms with Crippen LogP contribution in [0.1, 0.15) is 37.2 Å². The summed E-state index contributed by atoms with van der Waals surface area (Å²) in [7, 11) is 1.61. The average Bonchev–Trinajstić information content (AvgIpc) is 2.93. The molecule has 0 saturated carbocycles. The van der Waals surface area contributed by atoms with Crippen LogP contribution in [0.5, 0.6) is 0 Å². The van der Waals surface area contributed by atoms with E-state index in [1.807, 2.05) is 20.8 Å². The van der Waals surface area contributed by atoms with Crippen LogP contribution in [-0.2, 0) is 23.4 Å². The van der Waals surface area contributed by atoms with E-state index < -0.39 is 0 Å². The Kier molecular flexibility index (Phi) is 3.93. The van der Waals surface area contributed by atoms with Crippen molar-refractivity contribution in [1.82, 2.24) is 25.2 Å². The number of rotatable bonds is 4. The van der Waals surface area contributed by atoms with Gasteiger partial charge in [0.15, 0.2) is 0 Å².